The van der Waals surface area contributed by atoms with Gasteiger partial charge in [0.1, 0.15) is 17.6 Å². The largest absolute Gasteiger partial charge is 0.366 e. The summed E-state index contributed by atoms with van der Waals surface area (Å²) in [5.74, 6) is 1.15. The van der Waals surface area contributed by atoms with Gasteiger partial charge in [0, 0.05) is 50.8 Å². The highest BCUT2D eigenvalue weighted by atomic mass is 15.3. The molecular formula is C24H26N8. The molecule has 3 aromatic heterocycles. The summed E-state index contributed by atoms with van der Waals surface area (Å²) in [5, 5.41) is 17.4. The van der Waals surface area contributed by atoms with E-state index in [2.05, 4.69) is 56.3 Å². The first-order chi connectivity index (χ1) is 15.7. The van der Waals surface area contributed by atoms with Crippen LogP contribution in [-0.4, -0.2) is 63.8 Å². The molecule has 0 aromatic carbocycles. The molecule has 4 atom stereocenters. The highest BCUT2D eigenvalue weighted by Crippen LogP contribution is 2.41. The van der Waals surface area contributed by atoms with Crippen LogP contribution in [0.4, 0.5) is 11.5 Å². The molecule has 4 aliphatic rings. The summed E-state index contributed by atoms with van der Waals surface area (Å²) >= 11 is 0. The summed E-state index contributed by atoms with van der Waals surface area (Å²) in [5.41, 5.74) is 5.31. The predicted molar refractivity (Wildman–Crippen MR) is 122 cm³/mol. The quantitative estimate of drug-likeness (QED) is 0.671. The zero-order valence-electron chi connectivity index (χ0n) is 18.1. The maximum Gasteiger partial charge on any atom is 0.142 e. The fourth-order valence-corrected chi connectivity index (χ4v) is 6.32. The molecule has 2 bridgehead atoms. The Labute approximate surface area is 187 Å². The van der Waals surface area contributed by atoms with E-state index in [9.17, 15) is 5.26 Å². The van der Waals surface area contributed by atoms with Crippen molar-refractivity contribution in [1.29, 1.82) is 5.26 Å². The minimum atomic E-state index is 0.339. The van der Waals surface area contributed by atoms with E-state index >= 15 is 0 Å². The standard InChI is InChI=1S/C24H26N8/c1-15-11-29(21-4-2-17(9-25)32-22(21)6-7-27-32)14-23-19-3-5-24(28-20(19)13-30(15)23)31-12-16-8-18(31)10-26-16/h2-7,15-16,18,23,26H,8,10-14H2,1H3/t15-,16+,18+,23-/m1/s1. The number of hydrogen-bond acceptors (Lipinski definition) is 7. The normalized spacial score (nSPS) is 28.9. The van der Waals surface area contributed by atoms with Gasteiger partial charge >= 0.3 is 0 Å². The Morgan fingerprint density at radius 3 is 2.88 bits per heavy atom. The molecule has 8 heteroatoms. The van der Waals surface area contributed by atoms with Gasteiger partial charge in [-0.25, -0.2) is 9.50 Å². The van der Waals surface area contributed by atoms with E-state index in [1.54, 1.807) is 10.7 Å². The first kappa shape index (κ1) is 18.4. The molecule has 162 valence electrons. The molecule has 0 radical (unpaired) electrons. The van der Waals surface area contributed by atoms with Crippen LogP contribution in [0.1, 0.15) is 36.3 Å². The van der Waals surface area contributed by atoms with Crippen molar-refractivity contribution in [2.75, 3.05) is 36.0 Å². The zero-order valence-corrected chi connectivity index (χ0v) is 18.1. The van der Waals surface area contributed by atoms with Crippen LogP contribution in [0.2, 0.25) is 0 Å². The highest BCUT2D eigenvalue weighted by Gasteiger charge is 2.42. The van der Waals surface area contributed by atoms with E-state index in [1.807, 2.05) is 12.1 Å². The molecule has 3 aromatic rings. The van der Waals surface area contributed by atoms with Gasteiger partial charge in [0.15, 0.2) is 0 Å². The number of nitriles is 1. The van der Waals surface area contributed by atoms with Crippen molar-refractivity contribution in [3.05, 3.63) is 53.5 Å². The van der Waals surface area contributed by atoms with Gasteiger partial charge in [-0.3, -0.25) is 4.90 Å². The van der Waals surface area contributed by atoms with E-state index in [-0.39, 0.29) is 0 Å². The van der Waals surface area contributed by atoms with Crippen LogP contribution in [0.5, 0.6) is 0 Å². The lowest BCUT2D eigenvalue weighted by atomic mass is 10.0. The Balaban J connectivity index is 1.21. The van der Waals surface area contributed by atoms with Gasteiger partial charge in [-0.1, -0.05) is 6.07 Å². The summed E-state index contributed by atoms with van der Waals surface area (Å²) in [7, 11) is 0. The average Bonchev–Trinajstić information content (AvgIpc) is 3.60. The number of piperazine rings is 2. The number of pyridine rings is 2. The number of nitrogens with zero attached hydrogens (tertiary/aromatic N) is 7. The lowest BCUT2D eigenvalue weighted by molar-refractivity contribution is 0.133. The summed E-state index contributed by atoms with van der Waals surface area (Å²) in [4.78, 5) is 12.7. The van der Waals surface area contributed by atoms with E-state index in [4.69, 9.17) is 4.98 Å². The van der Waals surface area contributed by atoms with E-state index in [0.717, 1.165) is 49.7 Å². The van der Waals surface area contributed by atoms with Gasteiger partial charge in [0.25, 0.3) is 0 Å². The van der Waals surface area contributed by atoms with Crippen LogP contribution < -0.4 is 15.1 Å². The molecule has 0 amide bonds. The smallest absolute Gasteiger partial charge is 0.142 e. The first-order valence-corrected chi connectivity index (χ1v) is 11.6. The Bertz CT molecular complexity index is 1260. The second-order valence-electron chi connectivity index (χ2n) is 9.64. The van der Waals surface area contributed by atoms with Gasteiger partial charge in [0.2, 0.25) is 0 Å². The van der Waals surface area contributed by atoms with Crippen LogP contribution in [0, 0.1) is 11.3 Å². The molecule has 8 nitrogen and oxygen atoms in total. The zero-order chi connectivity index (χ0) is 21.4. The number of nitrogens with one attached hydrogen (secondary N) is 1. The van der Waals surface area contributed by atoms with Crippen LogP contribution in [-0.2, 0) is 6.54 Å². The third-order valence-electron chi connectivity index (χ3n) is 7.87. The molecule has 0 unspecified atom stereocenters. The number of hydrogen-bond donors (Lipinski definition) is 1. The molecule has 4 aliphatic heterocycles. The molecule has 32 heavy (non-hydrogen) atoms. The van der Waals surface area contributed by atoms with Crippen LogP contribution in [0.25, 0.3) is 5.52 Å². The molecule has 7 heterocycles. The summed E-state index contributed by atoms with van der Waals surface area (Å²) in [6, 6.07) is 14.7. The summed E-state index contributed by atoms with van der Waals surface area (Å²) < 4.78 is 1.75. The Morgan fingerprint density at radius 1 is 1.12 bits per heavy atom. The van der Waals surface area contributed by atoms with Gasteiger partial charge in [-0.15, -0.1) is 0 Å². The number of rotatable bonds is 2. The SMILES string of the molecule is C[C@@H]1CN(c2ccc(C#N)n3nccc23)C[C@@H]2c3ccc(N4C[C@@H]5C[C@H]4CN5)nc3CN12. The average molecular weight is 427 g/mol. The fraction of sp³-hybridized carbons (Fsp3) is 0.458. The third-order valence-corrected chi connectivity index (χ3v) is 7.87. The van der Waals surface area contributed by atoms with Crippen LogP contribution >= 0.6 is 0 Å². The number of anilines is 2. The minimum Gasteiger partial charge on any atom is -0.366 e. The van der Waals surface area contributed by atoms with Crippen LogP contribution in [0.3, 0.4) is 0 Å². The summed E-state index contributed by atoms with van der Waals surface area (Å²) in [6.45, 7) is 7.27. The van der Waals surface area contributed by atoms with Gasteiger partial charge in [0.05, 0.1) is 29.1 Å². The first-order valence-electron chi connectivity index (χ1n) is 11.6. The third kappa shape index (κ3) is 2.55. The number of fused-ring (bicyclic) bond motifs is 6. The second-order valence-corrected chi connectivity index (χ2v) is 9.64. The van der Waals surface area contributed by atoms with Crippen molar-refractivity contribution in [3.63, 3.8) is 0 Å². The molecule has 0 spiro atoms. The molecule has 3 saturated heterocycles. The summed E-state index contributed by atoms with van der Waals surface area (Å²) in [6.07, 6.45) is 3.02. The Kier molecular flexibility index (Phi) is 3.84. The van der Waals surface area contributed by atoms with Gasteiger partial charge in [-0.05, 0) is 43.2 Å². The topological polar surface area (TPSA) is 75.7 Å². The van der Waals surface area contributed by atoms with Crippen LogP contribution in [0.15, 0.2) is 36.5 Å². The van der Waals surface area contributed by atoms with Gasteiger partial charge < -0.3 is 15.1 Å². The molecule has 0 saturated carbocycles. The minimum absolute atomic E-state index is 0.339. The highest BCUT2D eigenvalue weighted by molar-refractivity contribution is 5.74. The van der Waals surface area contributed by atoms with Crippen molar-refractivity contribution in [1.82, 2.24) is 24.8 Å². The molecule has 7 rings (SSSR count). The maximum atomic E-state index is 9.42. The predicted octanol–water partition coefficient (Wildman–Crippen LogP) is 1.92. The van der Waals surface area contributed by atoms with Crippen molar-refractivity contribution >= 4 is 17.0 Å². The van der Waals surface area contributed by atoms with Crippen molar-refractivity contribution in [3.8, 4) is 6.07 Å². The van der Waals surface area contributed by atoms with Crippen molar-refractivity contribution < 1.29 is 0 Å². The lowest BCUT2D eigenvalue weighted by Crippen LogP contribution is -2.51. The van der Waals surface area contributed by atoms with Crippen molar-refractivity contribution in [2.24, 2.45) is 0 Å². The maximum absolute atomic E-state index is 9.42. The molecule has 0 aliphatic carbocycles. The second kappa shape index (κ2) is 6.67. The van der Waals surface area contributed by atoms with E-state index < -0.39 is 0 Å². The molecule has 3 fully saturated rings. The fourth-order valence-electron chi connectivity index (χ4n) is 6.32. The molecule has 1 N–H and O–H groups in total. The Hall–Kier alpha value is -3.15. The van der Waals surface area contributed by atoms with E-state index in [1.165, 1.54) is 17.7 Å². The lowest BCUT2D eigenvalue weighted by Gasteiger charge is -2.43. The molecular weight excluding hydrogens is 400 g/mol. The van der Waals surface area contributed by atoms with Crippen molar-refractivity contribution in [2.45, 2.75) is 44.1 Å². The van der Waals surface area contributed by atoms with Gasteiger partial charge in [-0.2, -0.15) is 10.4 Å². The van der Waals surface area contributed by atoms with E-state index in [0.29, 0.717) is 29.9 Å². The monoisotopic (exact) mass is 426 g/mol. The Morgan fingerprint density at radius 2 is 2.06 bits per heavy atom. The number of aromatic nitrogens is 3.